The molecule has 0 atom stereocenters. The van der Waals surface area contributed by atoms with Crippen molar-refractivity contribution < 1.29 is 9.32 Å². The molecular weight excluding hydrogens is 362 g/mol. The van der Waals surface area contributed by atoms with Crippen LogP contribution in [0.3, 0.4) is 0 Å². The van der Waals surface area contributed by atoms with Crippen molar-refractivity contribution in [1.82, 2.24) is 15.4 Å². The lowest BCUT2D eigenvalue weighted by atomic mass is 10.0. The number of nitrogens with zero attached hydrogens (tertiary/aromatic N) is 2. The number of rotatable bonds is 6. The number of benzene rings is 2. The molecule has 3 aromatic rings. The van der Waals surface area contributed by atoms with E-state index in [4.69, 9.17) is 4.52 Å². The van der Waals surface area contributed by atoms with Gasteiger partial charge in [0.25, 0.3) is 5.91 Å². The maximum atomic E-state index is 13.0. The van der Waals surface area contributed by atoms with Gasteiger partial charge in [-0.15, -0.1) is 0 Å². The molecule has 0 saturated carbocycles. The molecule has 4 rings (SSSR count). The third-order valence-electron chi connectivity index (χ3n) is 5.54. The van der Waals surface area contributed by atoms with E-state index in [1.807, 2.05) is 36.4 Å². The normalized spacial score (nSPS) is 14.7. The molecule has 1 aliphatic heterocycles. The van der Waals surface area contributed by atoms with Gasteiger partial charge in [-0.25, -0.2) is 0 Å². The molecule has 29 heavy (non-hydrogen) atoms. The van der Waals surface area contributed by atoms with Gasteiger partial charge in [0.1, 0.15) is 17.0 Å². The SMILES string of the molecule is Cc1onc(-c2ccccc2)c1C(=O)NCc1ccccc1CN1CCCCC1. The van der Waals surface area contributed by atoms with Crippen LogP contribution in [0.25, 0.3) is 11.3 Å². The van der Waals surface area contributed by atoms with Gasteiger partial charge in [0, 0.05) is 18.7 Å². The summed E-state index contributed by atoms with van der Waals surface area (Å²) in [7, 11) is 0. The standard InChI is InChI=1S/C24H27N3O2/c1-18-22(23(26-29-18)19-10-4-2-5-11-19)24(28)25-16-20-12-6-7-13-21(20)17-27-14-8-3-9-15-27/h2,4-7,10-13H,3,8-9,14-17H2,1H3,(H,25,28). The molecular formula is C24H27N3O2. The minimum Gasteiger partial charge on any atom is -0.360 e. The number of hydrogen-bond acceptors (Lipinski definition) is 4. The van der Waals surface area contributed by atoms with Crippen molar-refractivity contribution in [3.05, 3.63) is 77.0 Å². The second-order valence-corrected chi connectivity index (χ2v) is 7.62. The van der Waals surface area contributed by atoms with Crippen molar-refractivity contribution in [2.75, 3.05) is 13.1 Å². The first-order valence-corrected chi connectivity index (χ1v) is 10.3. The van der Waals surface area contributed by atoms with E-state index in [1.165, 1.54) is 24.8 Å². The second-order valence-electron chi connectivity index (χ2n) is 7.62. The number of nitrogens with one attached hydrogen (secondary N) is 1. The largest absolute Gasteiger partial charge is 0.360 e. The molecule has 1 aromatic heterocycles. The molecule has 2 aromatic carbocycles. The van der Waals surface area contributed by atoms with Gasteiger partial charge in [0.2, 0.25) is 0 Å². The number of likely N-dealkylation sites (tertiary alicyclic amines) is 1. The molecule has 1 amide bonds. The van der Waals surface area contributed by atoms with Crippen molar-refractivity contribution >= 4 is 5.91 Å². The first-order chi connectivity index (χ1) is 14.2. The Bertz CT molecular complexity index is 959. The molecule has 0 radical (unpaired) electrons. The van der Waals surface area contributed by atoms with Crippen LogP contribution in [0.1, 0.15) is 46.5 Å². The van der Waals surface area contributed by atoms with Crippen LogP contribution in [0.2, 0.25) is 0 Å². The molecule has 1 aliphatic rings. The number of carbonyl (C=O) groups is 1. The second kappa shape index (κ2) is 9.05. The lowest BCUT2D eigenvalue weighted by Crippen LogP contribution is -2.30. The summed E-state index contributed by atoms with van der Waals surface area (Å²) in [6.07, 6.45) is 3.87. The van der Waals surface area contributed by atoms with Gasteiger partial charge in [0.15, 0.2) is 0 Å². The lowest BCUT2D eigenvalue weighted by molar-refractivity contribution is 0.0949. The number of aryl methyl sites for hydroxylation is 1. The van der Waals surface area contributed by atoms with Crippen LogP contribution in [-0.2, 0) is 13.1 Å². The summed E-state index contributed by atoms with van der Waals surface area (Å²) < 4.78 is 5.33. The first-order valence-electron chi connectivity index (χ1n) is 10.3. The Hall–Kier alpha value is -2.92. The highest BCUT2D eigenvalue weighted by molar-refractivity contribution is 6.00. The first kappa shape index (κ1) is 19.4. The van der Waals surface area contributed by atoms with Crippen molar-refractivity contribution in [2.24, 2.45) is 0 Å². The number of piperidine rings is 1. The molecule has 1 fully saturated rings. The fraction of sp³-hybridized carbons (Fsp3) is 0.333. The van der Waals surface area contributed by atoms with E-state index in [0.717, 1.165) is 30.8 Å². The van der Waals surface area contributed by atoms with Crippen LogP contribution in [0.4, 0.5) is 0 Å². The summed E-state index contributed by atoms with van der Waals surface area (Å²) in [5.74, 6) is 0.373. The third-order valence-corrected chi connectivity index (χ3v) is 5.54. The van der Waals surface area contributed by atoms with Crippen LogP contribution in [0, 0.1) is 6.92 Å². The van der Waals surface area contributed by atoms with Crippen LogP contribution in [-0.4, -0.2) is 29.1 Å². The molecule has 5 heteroatoms. The van der Waals surface area contributed by atoms with E-state index < -0.39 is 0 Å². The van der Waals surface area contributed by atoms with Crippen LogP contribution in [0.15, 0.2) is 59.1 Å². The Labute approximate surface area is 171 Å². The lowest BCUT2D eigenvalue weighted by Gasteiger charge is -2.27. The van der Waals surface area contributed by atoms with Crippen LogP contribution < -0.4 is 5.32 Å². The van der Waals surface area contributed by atoms with Gasteiger partial charge in [-0.1, -0.05) is 66.2 Å². The quantitative estimate of drug-likeness (QED) is 0.671. The predicted molar refractivity (Wildman–Crippen MR) is 113 cm³/mol. The zero-order valence-corrected chi connectivity index (χ0v) is 16.9. The van der Waals surface area contributed by atoms with E-state index in [2.05, 4.69) is 33.6 Å². The highest BCUT2D eigenvalue weighted by Gasteiger charge is 2.21. The van der Waals surface area contributed by atoms with E-state index in [0.29, 0.717) is 23.6 Å². The molecule has 0 unspecified atom stereocenters. The number of aromatic nitrogens is 1. The zero-order chi connectivity index (χ0) is 20.1. The third kappa shape index (κ3) is 4.57. The molecule has 1 N–H and O–H groups in total. The summed E-state index contributed by atoms with van der Waals surface area (Å²) in [6.45, 7) is 5.51. The summed E-state index contributed by atoms with van der Waals surface area (Å²) in [4.78, 5) is 15.5. The molecule has 1 saturated heterocycles. The minimum absolute atomic E-state index is 0.157. The maximum absolute atomic E-state index is 13.0. The maximum Gasteiger partial charge on any atom is 0.257 e. The molecule has 150 valence electrons. The zero-order valence-electron chi connectivity index (χ0n) is 16.9. The Morgan fingerprint density at radius 2 is 1.69 bits per heavy atom. The number of hydrogen-bond donors (Lipinski definition) is 1. The van der Waals surface area contributed by atoms with Crippen molar-refractivity contribution in [1.29, 1.82) is 0 Å². The minimum atomic E-state index is -0.157. The monoisotopic (exact) mass is 389 g/mol. The van der Waals surface area contributed by atoms with Gasteiger partial charge >= 0.3 is 0 Å². The van der Waals surface area contributed by atoms with Crippen LogP contribution >= 0.6 is 0 Å². The smallest absolute Gasteiger partial charge is 0.257 e. The summed E-state index contributed by atoms with van der Waals surface area (Å²) in [5.41, 5.74) is 4.40. The Kier molecular flexibility index (Phi) is 6.06. The molecule has 5 nitrogen and oxygen atoms in total. The van der Waals surface area contributed by atoms with Crippen molar-refractivity contribution in [2.45, 2.75) is 39.3 Å². The van der Waals surface area contributed by atoms with Gasteiger partial charge in [0.05, 0.1) is 0 Å². The van der Waals surface area contributed by atoms with E-state index in [-0.39, 0.29) is 5.91 Å². The van der Waals surface area contributed by atoms with E-state index in [9.17, 15) is 4.79 Å². The molecule has 0 aliphatic carbocycles. The Balaban J connectivity index is 1.48. The molecule has 0 spiro atoms. The van der Waals surface area contributed by atoms with E-state index in [1.54, 1.807) is 6.92 Å². The number of amides is 1. The van der Waals surface area contributed by atoms with Crippen LogP contribution in [0.5, 0.6) is 0 Å². The fourth-order valence-electron chi connectivity index (χ4n) is 3.94. The van der Waals surface area contributed by atoms with Gasteiger partial charge < -0.3 is 9.84 Å². The van der Waals surface area contributed by atoms with Gasteiger partial charge in [-0.2, -0.15) is 0 Å². The highest BCUT2D eigenvalue weighted by Crippen LogP contribution is 2.25. The molecule has 0 bridgehead atoms. The Morgan fingerprint density at radius 1 is 1.00 bits per heavy atom. The summed E-state index contributed by atoms with van der Waals surface area (Å²) in [5, 5.41) is 7.19. The van der Waals surface area contributed by atoms with Crippen molar-refractivity contribution in [3.63, 3.8) is 0 Å². The molecule has 2 heterocycles. The number of carbonyl (C=O) groups excluding carboxylic acids is 1. The van der Waals surface area contributed by atoms with Crippen molar-refractivity contribution in [3.8, 4) is 11.3 Å². The van der Waals surface area contributed by atoms with Gasteiger partial charge in [-0.05, 0) is 44.0 Å². The van der Waals surface area contributed by atoms with Gasteiger partial charge in [-0.3, -0.25) is 9.69 Å². The summed E-state index contributed by atoms with van der Waals surface area (Å²) in [6, 6.07) is 18.0. The Morgan fingerprint density at radius 3 is 2.45 bits per heavy atom. The average molecular weight is 389 g/mol. The average Bonchev–Trinajstić information content (AvgIpc) is 3.16. The fourth-order valence-corrected chi connectivity index (χ4v) is 3.94. The highest BCUT2D eigenvalue weighted by atomic mass is 16.5. The summed E-state index contributed by atoms with van der Waals surface area (Å²) >= 11 is 0. The predicted octanol–water partition coefficient (Wildman–Crippen LogP) is 4.57. The topological polar surface area (TPSA) is 58.4 Å². The van der Waals surface area contributed by atoms with E-state index >= 15 is 0 Å².